The summed E-state index contributed by atoms with van der Waals surface area (Å²) in [4.78, 5) is 0. The molecule has 0 amide bonds. The van der Waals surface area contributed by atoms with Crippen LogP contribution in [0.3, 0.4) is 0 Å². The Morgan fingerprint density at radius 2 is 2.11 bits per heavy atom. The Balaban J connectivity index is 2.07. The number of benzene rings is 1. The number of ether oxygens (including phenoxy) is 1. The average Bonchev–Trinajstić information content (AvgIpc) is 2.52. The molecule has 0 radical (unpaired) electrons. The molecule has 2 nitrogen and oxygen atoms in total. The molecule has 0 aliphatic carbocycles. The van der Waals surface area contributed by atoms with Crippen LogP contribution in [-0.2, 0) is 0 Å². The largest absolute Gasteiger partial charge is 0.493 e. The molecule has 0 bridgehead atoms. The second-order valence-electron chi connectivity index (χ2n) is 6.80. The van der Waals surface area contributed by atoms with Gasteiger partial charge in [-0.1, -0.05) is 39.0 Å². The molecule has 1 aromatic carbocycles. The lowest BCUT2D eigenvalue weighted by Gasteiger charge is -2.23. The monoisotopic (exact) mass is 261 g/mol. The standard InChI is InChI=1S/C17H27NO/c1-13-7-5-8-14-15(9-6-12-19-16(13)14)18-11-10-17(2,3)4/h5,7-8,15,18H,6,9-12H2,1-4H3. The van der Waals surface area contributed by atoms with Gasteiger partial charge in [-0.25, -0.2) is 0 Å². The van der Waals surface area contributed by atoms with Crippen LogP contribution in [0.25, 0.3) is 0 Å². The highest BCUT2D eigenvalue weighted by molar-refractivity contribution is 5.43. The zero-order valence-corrected chi connectivity index (χ0v) is 12.8. The molecule has 0 spiro atoms. The molecule has 0 aromatic heterocycles. The summed E-state index contributed by atoms with van der Waals surface area (Å²) in [6.07, 6.45) is 3.49. The van der Waals surface area contributed by atoms with Gasteiger partial charge in [0.05, 0.1) is 6.61 Å². The predicted molar refractivity (Wildman–Crippen MR) is 80.7 cm³/mol. The number of rotatable bonds is 3. The van der Waals surface area contributed by atoms with Crippen LogP contribution < -0.4 is 10.1 Å². The number of hydrogen-bond donors (Lipinski definition) is 1. The third-order valence-corrected chi connectivity index (χ3v) is 3.77. The number of hydrogen-bond acceptors (Lipinski definition) is 2. The van der Waals surface area contributed by atoms with E-state index in [0.717, 1.165) is 25.3 Å². The molecule has 0 saturated heterocycles. The molecule has 1 heterocycles. The average molecular weight is 261 g/mol. The Morgan fingerprint density at radius 3 is 2.84 bits per heavy atom. The fourth-order valence-corrected chi connectivity index (χ4v) is 2.60. The van der Waals surface area contributed by atoms with Crippen LogP contribution >= 0.6 is 0 Å². The smallest absolute Gasteiger partial charge is 0.126 e. The second-order valence-corrected chi connectivity index (χ2v) is 6.80. The van der Waals surface area contributed by atoms with Crippen LogP contribution in [0, 0.1) is 12.3 Å². The third-order valence-electron chi connectivity index (χ3n) is 3.77. The summed E-state index contributed by atoms with van der Waals surface area (Å²) in [7, 11) is 0. The van der Waals surface area contributed by atoms with Gasteiger partial charge in [0.2, 0.25) is 0 Å². The van der Waals surface area contributed by atoms with Crippen molar-refractivity contribution in [2.45, 2.75) is 53.0 Å². The van der Waals surface area contributed by atoms with Gasteiger partial charge in [0.1, 0.15) is 5.75 Å². The summed E-state index contributed by atoms with van der Waals surface area (Å²) >= 11 is 0. The van der Waals surface area contributed by atoms with E-state index >= 15 is 0 Å². The lowest BCUT2D eigenvalue weighted by molar-refractivity contribution is 0.312. The molecule has 1 aliphatic rings. The zero-order valence-electron chi connectivity index (χ0n) is 12.8. The number of aryl methyl sites for hydroxylation is 1. The highest BCUT2D eigenvalue weighted by Gasteiger charge is 2.21. The van der Waals surface area contributed by atoms with Gasteiger partial charge in [-0.05, 0) is 43.7 Å². The highest BCUT2D eigenvalue weighted by atomic mass is 16.5. The summed E-state index contributed by atoms with van der Waals surface area (Å²) < 4.78 is 5.92. The Labute approximate surface area is 117 Å². The van der Waals surface area contributed by atoms with E-state index in [0.29, 0.717) is 11.5 Å². The SMILES string of the molecule is Cc1cccc2c1OCCCC2NCCC(C)(C)C. The first kappa shape index (κ1) is 14.4. The first-order valence-electron chi connectivity index (χ1n) is 7.43. The molecular weight excluding hydrogens is 234 g/mol. The topological polar surface area (TPSA) is 21.3 Å². The van der Waals surface area contributed by atoms with Crippen molar-refractivity contribution in [2.75, 3.05) is 13.2 Å². The number of para-hydroxylation sites is 1. The van der Waals surface area contributed by atoms with Crippen molar-refractivity contribution < 1.29 is 4.74 Å². The summed E-state index contributed by atoms with van der Waals surface area (Å²) in [6.45, 7) is 10.9. The summed E-state index contributed by atoms with van der Waals surface area (Å²) in [5.41, 5.74) is 2.98. The Hall–Kier alpha value is -1.02. The van der Waals surface area contributed by atoms with Crippen molar-refractivity contribution in [1.29, 1.82) is 0 Å². The maximum absolute atomic E-state index is 5.92. The maximum atomic E-state index is 5.92. The van der Waals surface area contributed by atoms with Crippen LogP contribution in [0.4, 0.5) is 0 Å². The van der Waals surface area contributed by atoms with E-state index in [1.807, 2.05) is 0 Å². The normalized spacial score (nSPS) is 19.5. The highest BCUT2D eigenvalue weighted by Crippen LogP contribution is 2.34. The Morgan fingerprint density at radius 1 is 1.32 bits per heavy atom. The van der Waals surface area contributed by atoms with E-state index in [1.165, 1.54) is 24.0 Å². The number of fused-ring (bicyclic) bond motifs is 1. The minimum absolute atomic E-state index is 0.393. The molecule has 1 aliphatic heterocycles. The third kappa shape index (κ3) is 3.97. The predicted octanol–water partition coefficient (Wildman–Crippen LogP) is 4.23. The quantitative estimate of drug-likeness (QED) is 0.879. The van der Waals surface area contributed by atoms with Crippen molar-refractivity contribution in [2.24, 2.45) is 5.41 Å². The zero-order chi connectivity index (χ0) is 13.9. The van der Waals surface area contributed by atoms with Crippen molar-refractivity contribution >= 4 is 0 Å². The van der Waals surface area contributed by atoms with Crippen molar-refractivity contribution in [3.05, 3.63) is 29.3 Å². The molecule has 1 unspecified atom stereocenters. The van der Waals surface area contributed by atoms with Crippen LogP contribution in [-0.4, -0.2) is 13.2 Å². The van der Waals surface area contributed by atoms with Crippen LogP contribution in [0.2, 0.25) is 0 Å². The fraction of sp³-hybridized carbons (Fsp3) is 0.647. The Bertz CT molecular complexity index is 420. The van der Waals surface area contributed by atoms with Gasteiger partial charge in [0.15, 0.2) is 0 Å². The summed E-state index contributed by atoms with van der Waals surface area (Å²) in [5, 5.41) is 3.72. The molecule has 2 heteroatoms. The summed E-state index contributed by atoms with van der Waals surface area (Å²) in [5.74, 6) is 1.10. The molecule has 1 atom stereocenters. The van der Waals surface area contributed by atoms with Crippen molar-refractivity contribution in [3.8, 4) is 5.75 Å². The van der Waals surface area contributed by atoms with E-state index in [9.17, 15) is 0 Å². The molecule has 2 rings (SSSR count). The van der Waals surface area contributed by atoms with Crippen LogP contribution in [0.5, 0.6) is 5.75 Å². The van der Waals surface area contributed by atoms with Crippen molar-refractivity contribution in [1.82, 2.24) is 5.32 Å². The number of nitrogens with one attached hydrogen (secondary N) is 1. The molecule has 106 valence electrons. The fourth-order valence-electron chi connectivity index (χ4n) is 2.60. The molecule has 0 fully saturated rings. The molecule has 1 aromatic rings. The molecule has 19 heavy (non-hydrogen) atoms. The van der Waals surface area contributed by atoms with E-state index in [4.69, 9.17) is 4.74 Å². The van der Waals surface area contributed by atoms with Gasteiger partial charge in [0.25, 0.3) is 0 Å². The van der Waals surface area contributed by atoms with E-state index in [1.54, 1.807) is 0 Å². The van der Waals surface area contributed by atoms with Gasteiger partial charge in [-0.15, -0.1) is 0 Å². The lowest BCUT2D eigenvalue weighted by atomic mass is 9.92. The van der Waals surface area contributed by atoms with Crippen LogP contribution in [0.15, 0.2) is 18.2 Å². The summed E-state index contributed by atoms with van der Waals surface area (Å²) in [6, 6.07) is 6.93. The van der Waals surface area contributed by atoms with E-state index in [2.05, 4.69) is 51.2 Å². The molecule has 1 N–H and O–H groups in total. The Kier molecular flexibility index (Phi) is 4.51. The molecular formula is C17H27NO. The van der Waals surface area contributed by atoms with Crippen molar-refractivity contribution in [3.63, 3.8) is 0 Å². The minimum atomic E-state index is 0.393. The van der Waals surface area contributed by atoms with Gasteiger partial charge in [0, 0.05) is 11.6 Å². The van der Waals surface area contributed by atoms with Crippen LogP contribution in [0.1, 0.15) is 57.2 Å². The lowest BCUT2D eigenvalue weighted by Crippen LogP contribution is -2.25. The van der Waals surface area contributed by atoms with Gasteiger partial charge < -0.3 is 10.1 Å². The first-order chi connectivity index (χ1) is 8.97. The molecule has 0 saturated carbocycles. The van der Waals surface area contributed by atoms with Gasteiger partial charge >= 0.3 is 0 Å². The van der Waals surface area contributed by atoms with E-state index in [-0.39, 0.29) is 0 Å². The first-order valence-corrected chi connectivity index (χ1v) is 7.43. The van der Waals surface area contributed by atoms with Gasteiger partial charge in [-0.3, -0.25) is 0 Å². The van der Waals surface area contributed by atoms with Gasteiger partial charge in [-0.2, -0.15) is 0 Å². The maximum Gasteiger partial charge on any atom is 0.126 e. The second kappa shape index (κ2) is 5.96. The van der Waals surface area contributed by atoms with E-state index < -0.39 is 0 Å². The minimum Gasteiger partial charge on any atom is -0.493 e.